The van der Waals surface area contributed by atoms with E-state index in [4.69, 9.17) is 15.2 Å². The largest absolute Gasteiger partial charge is 0.491 e. The summed E-state index contributed by atoms with van der Waals surface area (Å²) in [4.78, 5) is 11.3. The van der Waals surface area contributed by atoms with E-state index in [9.17, 15) is 4.79 Å². The molecule has 0 spiro atoms. The highest BCUT2D eigenvalue weighted by atomic mass is 16.5. The minimum atomic E-state index is -0.197. The predicted molar refractivity (Wildman–Crippen MR) is 75.0 cm³/mol. The zero-order valence-electron chi connectivity index (χ0n) is 11.9. The molecule has 0 heterocycles. The van der Waals surface area contributed by atoms with E-state index in [-0.39, 0.29) is 18.1 Å². The number of ether oxygens (including phenoxy) is 2. The van der Waals surface area contributed by atoms with Crippen molar-refractivity contribution in [3.8, 4) is 5.75 Å². The Bertz CT molecular complexity index is 387. The van der Waals surface area contributed by atoms with Crippen LogP contribution in [0.15, 0.2) is 24.3 Å². The van der Waals surface area contributed by atoms with E-state index < -0.39 is 0 Å². The van der Waals surface area contributed by atoms with Crippen molar-refractivity contribution in [2.24, 2.45) is 5.73 Å². The van der Waals surface area contributed by atoms with E-state index in [0.29, 0.717) is 19.4 Å². The first-order valence-electron chi connectivity index (χ1n) is 6.70. The highest BCUT2D eigenvalue weighted by Crippen LogP contribution is 2.20. The van der Waals surface area contributed by atoms with Gasteiger partial charge in [-0.3, -0.25) is 4.79 Å². The Hall–Kier alpha value is -1.55. The smallest absolute Gasteiger partial charge is 0.305 e. The highest BCUT2D eigenvalue weighted by molar-refractivity contribution is 5.69. The summed E-state index contributed by atoms with van der Waals surface area (Å²) in [7, 11) is 0. The van der Waals surface area contributed by atoms with Gasteiger partial charge in [0.05, 0.1) is 12.7 Å². The fourth-order valence-corrected chi connectivity index (χ4v) is 1.74. The molecular formula is C15H23NO3. The first kappa shape index (κ1) is 15.5. The number of hydrogen-bond acceptors (Lipinski definition) is 4. The normalized spacial score (nSPS) is 12.3. The molecule has 19 heavy (non-hydrogen) atoms. The van der Waals surface area contributed by atoms with Crippen LogP contribution in [-0.4, -0.2) is 18.7 Å². The molecule has 0 bridgehead atoms. The summed E-state index contributed by atoms with van der Waals surface area (Å²) in [6.07, 6.45) is 1.09. The molecule has 106 valence electrons. The molecule has 0 fully saturated rings. The number of benzene rings is 1. The maximum atomic E-state index is 11.3. The van der Waals surface area contributed by atoms with Gasteiger partial charge in [-0.1, -0.05) is 12.1 Å². The van der Waals surface area contributed by atoms with Gasteiger partial charge in [-0.15, -0.1) is 0 Å². The number of nitrogens with two attached hydrogens (primary N) is 1. The van der Waals surface area contributed by atoms with E-state index in [0.717, 1.165) is 11.3 Å². The Kier molecular flexibility index (Phi) is 6.36. The quantitative estimate of drug-likeness (QED) is 0.770. The molecule has 1 atom stereocenters. The van der Waals surface area contributed by atoms with Gasteiger partial charge in [0.2, 0.25) is 0 Å². The van der Waals surface area contributed by atoms with Crippen molar-refractivity contribution in [2.45, 2.75) is 45.8 Å². The monoisotopic (exact) mass is 265 g/mol. The standard InChI is InChI=1S/C15H23NO3/c1-4-18-15(17)10-9-14(16)12-5-7-13(8-6-12)19-11(2)3/h5-8,11,14H,4,9-10,16H2,1-3H3. The summed E-state index contributed by atoms with van der Waals surface area (Å²) in [6.45, 7) is 6.18. The average Bonchev–Trinajstić information content (AvgIpc) is 2.36. The van der Waals surface area contributed by atoms with E-state index in [2.05, 4.69) is 0 Å². The van der Waals surface area contributed by atoms with Crippen molar-refractivity contribution >= 4 is 5.97 Å². The van der Waals surface area contributed by atoms with Crippen LogP contribution in [-0.2, 0) is 9.53 Å². The molecule has 4 nitrogen and oxygen atoms in total. The number of hydrogen-bond donors (Lipinski definition) is 1. The topological polar surface area (TPSA) is 61.5 Å². The second kappa shape index (κ2) is 7.79. The minimum Gasteiger partial charge on any atom is -0.491 e. The second-order valence-electron chi connectivity index (χ2n) is 4.69. The Morgan fingerprint density at radius 3 is 2.42 bits per heavy atom. The van der Waals surface area contributed by atoms with Crippen LogP contribution in [0.5, 0.6) is 5.75 Å². The van der Waals surface area contributed by atoms with Crippen LogP contribution in [0.3, 0.4) is 0 Å². The lowest BCUT2D eigenvalue weighted by molar-refractivity contribution is -0.143. The van der Waals surface area contributed by atoms with Crippen molar-refractivity contribution in [3.05, 3.63) is 29.8 Å². The molecule has 0 aliphatic carbocycles. The van der Waals surface area contributed by atoms with Gasteiger partial charge in [-0.25, -0.2) is 0 Å². The fraction of sp³-hybridized carbons (Fsp3) is 0.533. The first-order valence-corrected chi connectivity index (χ1v) is 6.70. The van der Waals surface area contributed by atoms with Crippen LogP contribution in [0, 0.1) is 0 Å². The lowest BCUT2D eigenvalue weighted by Crippen LogP contribution is -2.14. The number of esters is 1. The van der Waals surface area contributed by atoms with Crippen molar-refractivity contribution in [3.63, 3.8) is 0 Å². The molecule has 2 N–H and O–H groups in total. The van der Waals surface area contributed by atoms with Gasteiger partial charge < -0.3 is 15.2 Å². The molecule has 0 aromatic heterocycles. The Morgan fingerprint density at radius 1 is 1.26 bits per heavy atom. The van der Waals surface area contributed by atoms with E-state index >= 15 is 0 Å². The van der Waals surface area contributed by atoms with Crippen molar-refractivity contribution in [2.75, 3.05) is 6.61 Å². The molecule has 1 aromatic rings. The predicted octanol–water partition coefficient (Wildman–Crippen LogP) is 2.82. The van der Waals surface area contributed by atoms with Gasteiger partial charge in [0.15, 0.2) is 0 Å². The van der Waals surface area contributed by atoms with Crippen LogP contribution >= 0.6 is 0 Å². The van der Waals surface area contributed by atoms with E-state index in [1.807, 2.05) is 38.1 Å². The third-order valence-corrected chi connectivity index (χ3v) is 2.64. The third-order valence-electron chi connectivity index (χ3n) is 2.64. The SMILES string of the molecule is CCOC(=O)CCC(N)c1ccc(OC(C)C)cc1. The fourth-order valence-electron chi connectivity index (χ4n) is 1.74. The van der Waals surface area contributed by atoms with Crippen LogP contribution in [0.25, 0.3) is 0 Å². The molecule has 0 radical (unpaired) electrons. The van der Waals surface area contributed by atoms with Gasteiger partial charge in [0, 0.05) is 12.5 Å². The van der Waals surface area contributed by atoms with Gasteiger partial charge in [-0.05, 0) is 44.9 Å². The summed E-state index contributed by atoms with van der Waals surface area (Å²) < 4.78 is 10.4. The van der Waals surface area contributed by atoms with Gasteiger partial charge in [0.1, 0.15) is 5.75 Å². The number of carbonyl (C=O) groups excluding carboxylic acids is 1. The van der Waals surface area contributed by atoms with E-state index in [1.54, 1.807) is 6.92 Å². The maximum Gasteiger partial charge on any atom is 0.305 e. The molecular weight excluding hydrogens is 242 g/mol. The first-order chi connectivity index (χ1) is 9.02. The average molecular weight is 265 g/mol. The van der Waals surface area contributed by atoms with Gasteiger partial charge in [-0.2, -0.15) is 0 Å². The molecule has 0 saturated heterocycles. The lowest BCUT2D eigenvalue weighted by Gasteiger charge is -2.14. The summed E-state index contributed by atoms with van der Waals surface area (Å²) in [5.41, 5.74) is 7.04. The minimum absolute atomic E-state index is 0.155. The zero-order chi connectivity index (χ0) is 14.3. The molecule has 1 unspecified atom stereocenters. The summed E-state index contributed by atoms with van der Waals surface area (Å²) >= 11 is 0. The molecule has 4 heteroatoms. The van der Waals surface area contributed by atoms with Crippen LogP contribution in [0.2, 0.25) is 0 Å². The zero-order valence-corrected chi connectivity index (χ0v) is 11.9. The van der Waals surface area contributed by atoms with Gasteiger partial charge in [0.25, 0.3) is 0 Å². The Morgan fingerprint density at radius 2 is 1.89 bits per heavy atom. The summed E-state index contributed by atoms with van der Waals surface area (Å²) in [5.74, 6) is 0.633. The summed E-state index contributed by atoms with van der Waals surface area (Å²) in [5, 5.41) is 0. The second-order valence-corrected chi connectivity index (χ2v) is 4.69. The molecule has 0 aliphatic heterocycles. The molecule has 0 aliphatic rings. The number of rotatable bonds is 7. The van der Waals surface area contributed by atoms with Crippen molar-refractivity contribution in [1.29, 1.82) is 0 Å². The molecule has 0 amide bonds. The lowest BCUT2D eigenvalue weighted by atomic mass is 10.0. The molecule has 1 rings (SSSR count). The third kappa shape index (κ3) is 5.75. The maximum absolute atomic E-state index is 11.3. The highest BCUT2D eigenvalue weighted by Gasteiger charge is 2.10. The van der Waals surface area contributed by atoms with Crippen LogP contribution < -0.4 is 10.5 Å². The van der Waals surface area contributed by atoms with Crippen LogP contribution in [0.1, 0.15) is 45.2 Å². The van der Waals surface area contributed by atoms with Crippen molar-refractivity contribution in [1.82, 2.24) is 0 Å². The number of carbonyl (C=O) groups is 1. The van der Waals surface area contributed by atoms with Crippen LogP contribution in [0.4, 0.5) is 0 Å². The molecule has 0 saturated carbocycles. The van der Waals surface area contributed by atoms with Crippen molar-refractivity contribution < 1.29 is 14.3 Å². The Balaban J connectivity index is 2.48. The van der Waals surface area contributed by atoms with Gasteiger partial charge >= 0.3 is 5.97 Å². The van der Waals surface area contributed by atoms with E-state index in [1.165, 1.54) is 0 Å². The molecule has 1 aromatic carbocycles. The Labute approximate surface area is 114 Å². The summed E-state index contributed by atoms with van der Waals surface area (Å²) in [6, 6.07) is 7.53.